The first-order chi connectivity index (χ1) is 12.0. The molecule has 0 spiro atoms. The molecule has 5 nitrogen and oxygen atoms in total. The maximum Gasteiger partial charge on any atom is 0.242 e. The molecule has 1 aliphatic heterocycles. The van der Waals surface area contributed by atoms with E-state index in [-0.39, 0.29) is 11.8 Å². The highest BCUT2D eigenvalue weighted by molar-refractivity contribution is 5.88. The summed E-state index contributed by atoms with van der Waals surface area (Å²) in [5.74, 6) is -0.505. The number of aliphatic imine (C=N–C) groups is 1. The molecule has 7 heteroatoms. The van der Waals surface area contributed by atoms with Crippen LogP contribution in [0.2, 0.25) is 0 Å². The van der Waals surface area contributed by atoms with Crippen molar-refractivity contribution in [3.05, 3.63) is 35.4 Å². The summed E-state index contributed by atoms with van der Waals surface area (Å²) in [5.41, 5.74) is 0.457. The van der Waals surface area contributed by atoms with E-state index in [0.717, 1.165) is 25.5 Å². The van der Waals surface area contributed by atoms with Crippen LogP contribution in [0.5, 0.6) is 0 Å². The number of benzene rings is 1. The highest BCUT2D eigenvalue weighted by Crippen LogP contribution is 2.28. The molecule has 1 aromatic rings. The SMILES string of the molecule is CN=C(NCC(C)c1ccc(F)cc1F)N1CCN(C2CC2)C(=O)C1. The third-order valence-electron chi connectivity index (χ3n) is 4.82. The zero-order valence-electron chi connectivity index (χ0n) is 14.6. The van der Waals surface area contributed by atoms with Gasteiger partial charge in [0.2, 0.25) is 5.91 Å². The Balaban J connectivity index is 1.56. The molecule has 1 saturated carbocycles. The molecule has 1 unspecified atom stereocenters. The van der Waals surface area contributed by atoms with Crippen LogP contribution in [-0.2, 0) is 4.79 Å². The van der Waals surface area contributed by atoms with Gasteiger partial charge in [0, 0.05) is 44.7 Å². The third kappa shape index (κ3) is 4.08. The first-order valence-corrected chi connectivity index (χ1v) is 8.69. The van der Waals surface area contributed by atoms with Crippen molar-refractivity contribution in [3.8, 4) is 0 Å². The van der Waals surface area contributed by atoms with E-state index in [0.29, 0.717) is 37.2 Å². The van der Waals surface area contributed by atoms with Gasteiger partial charge in [-0.05, 0) is 24.5 Å². The molecule has 1 amide bonds. The Morgan fingerprint density at radius 2 is 2.12 bits per heavy atom. The molecule has 0 aromatic heterocycles. The molecule has 1 atom stereocenters. The van der Waals surface area contributed by atoms with Gasteiger partial charge in [0.05, 0.1) is 6.54 Å². The van der Waals surface area contributed by atoms with Gasteiger partial charge >= 0.3 is 0 Å². The molecule has 1 aliphatic carbocycles. The minimum Gasteiger partial charge on any atom is -0.356 e. The summed E-state index contributed by atoms with van der Waals surface area (Å²) >= 11 is 0. The molecule has 2 fully saturated rings. The second kappa shape index (κ2) is 7.37. The van der Waals surface area contributed by atoms with E-state index >= 15 is 0 Å². The van der Waals surface area contributed by atoms with Gasteiger partial charge < -0.3 is 15.1 Å². The van der Waals surface area contributed by atoms with Gasteiger partial charge in [-0.15, -0.1) is 0 Å². The highest BCUT2D eigenvalue weighted by atomic mass is 19.1. The zero-order chi connectivity index (χ0) is 18.0. The fourth-order valence-electron chi connectivity index (χ4n) is 3.23. The summed E-state index contributed by atoms with van der Waals surface area (Å²) in [7, 11) is 1.67. The van der Waals surface area contributed by atoms with Crippen molar-refractivity contribution in [2.75, 3.05) is 33.2 Å². The second-order valence-corrected chi connectivity index (χ2v) is 6.73. The van der Waals surface area contributed by atoms with Gasteiger partial charge in [-0.1, -0.05) is 13.0 Å². The average Bonchev–Trinajstić information content (AvgIpc) is 3.40. The molecular formula is C18H24F2N4O. The Bertz CT molecular complexity index is 675. The number of rotatable bonds is 4. The van der Waals surface area contributed by atoms with E-state index in [1.807, 2.05) is 16.7 Å². The van der Waals surface area contributed by atoms with E-state index in [9.17, 15) is 13.6 Å². The van der Waals surface area contributed by atoms with Gasteiger partial charge in [-0.2, -0.15) is 0 Å². The number of piperazine rings is 1. The molecule has 1 saturated heterocycles. The molecule has 1 aromatic carbocycles. The summed E-state index contributed by atoms with van der Waals surface area (Å²) in [6, 6.07) is 4.07. The largest absolute Gasteiger partial charge is 0.356 e. The lowest BCUT2D eigenvalue weighted by atomic mass is 10.0. The van der Waals surface area contributed by atoms with Crippen LogP contribution in [0.3, 0.4) is 0 Å². The Morgan fingerprint density at radius 1 is 1.36 bits per heavy atom. The summed E-state index contributed by atoms with van der Waals surface area (Å²) < 4.78 is 26.9. The van der Waals surface area contributed by atoms with Crippen LogP contribution in [0.25, 0.3) is 0 Å². The van der Waals surface area contributed by atoms with Gasteiger partial charge in [0.1, 0.15) is 11.6 Å². The number of hydrogen-bond acceptors (Lipinski definition) is 2. The summed E-state index contributed by atoms with van der Waals surface area (Å²) in [6.45, 7) is 4.09. The monoisotopic (exact) mass is 350 g/mol. The van der Waals surface area contributed by atoms with Crippen LogP contribution in [-0.4, -0.2) is 60.9 Å². The van der Waals surface area contributed by atoms with Gasteiger partial charge in [-0.3, -0.25) is 9.79 Å². The lowest BCUT2D eigenvalue weighted by Crippen LogP contribution is -2.56. The predicted molar refractivity (Wildman–Crippen MR) is 92.4 cm³/mol. The maximum atomic E-state index is 13.9. The van der Waals surface area contributed by atoms with Crippen molar-refractivity contribution in [2.45, 2.75) is 31.7 Å². The fraction of sp³-hybridized carbons (Fsp3) is 0.556. The Hall–Kier alpha value is -2.18. The van der Waals surface area contributed by atoms with Crippen molar-refractivity contribution >= 4 is 11.9 Å². The predicted octanol–water partition coefficient (Wildman–Crippen LogP) is 1.95. The zero-order valence-corrected chi connectivity index (χ0v) is 14.6. The molecule has 1 N–H and O–H groups in total. The van der Waals surface area contributed by atoms with Crippen LogP contribution in [0, 0.1) is 11.6 Å². The fourth-order valence-corrected chi connectivity index (χ4v) is 3.23. The number of guanidine groups is 1. The lowest BCUT2D eigenvalue weighted by molar-refractivity contribution is -0.135. The number of nitrogens with one attached hydrogen (secondary N) is 1. The van der Waals surface area contributed by atoms with Crippen LogP contribution >= 0.6 is 0 Å². The smallest absolute Gasteiger partial charge is 0.242 e. The molecule has 0 radical (unpaired) electrons. The van der Waals surface area contributed by atoms with E-state index in [2.05, 4.69) is 10.3 Å². The van der Waals surface area contributed by atoms with Crippen molar-refractivity contribution in [1.29, 1.82) is 0 Å². The van der Waals surface area contributed by atoms with Crippen LogP contribution < -0.4 is 5.32 Å². The molecule has 1 heterocycles. The normalized spacial score (nSPS) is 20.0. The summed E-state index contributed by atoms with van der Waals surface area (Å²) in [5, 5.41) is 3.20. The van der Waals surface area contributed by atoms with Gasteiger partial charge in [0.15, 0.2) is 5.96 Å². The van der Waals surface area contributed by atoms with E-state index in [1.165, 1.54) is 12.1 Å². The molecule has 25 heavy (non-hydrogen) atoms. The summed E-state index contributed by atoms with van der Waals surface area (Å²) in [6.07, 6.45) is 2.22. The number of carbonyl (C=O) groups is 1. The Morgan fingerprint density at radius 3 is 2.72 bits per heavy atom. The highest BCUT2D eigenvalue weighted by Gasteiger charge is 2.36. The van der Waals surface area contributed by atoms with Crippen LogP contribution in [0.15, 0.2) is 23.2 Å². The quantitative estimate of drug-likeness (QED) is 0.667. The van der Waals surface area contributed by atoms with Crippen molar-refractivity contribution in [1.82, 2.24) is 15.1 Å². The Kier molecular flexibility index (Phi) is 5.20. The molecule has 2 aliphatic rings. The van der Waals surface area contributed by atoms with E-state index < -0.39 is 11.6 Å². The number of halogens is 2. The van der Waals surface area contributed by atoms with Crippen molar-refractivity contribution in [2.24, 2.45) is 4.99 Å². The molecular weight excluding hydrogens is 326 g/mol. The van der Waals surface area contributed by atoms with Crippen LogP contribution in [0.1, 0.15) is 31.2 Å². The van der Waals surface area contributed by atoms with Crippen LogP contribution in [0.4, 0.5) is 8.78 Å². The van der Waals surface area contributed by atoms with Gasteiger partial charge in [0.25, 0.3) is 0 Å². The minimum atomic E-state index is -0.579. The number of amides is 1. The molecule has 3 rings (SSSR count). The first kappa shape index (κ1) is 17.6. The van der Waals surface area contributed by atoms with E-state index in [4.69, 9.17) is 0 Å². The first-order valence-electron chi connectivity index (χ1n) is 8.69. The average molecular weight is 350 g/mol. The standard InChI is InChI=1S/C18H24F2N4O/c1-12(15-6-3-13(19)9-16(15)20)10-22-18(21-2)23-7-8-24(14-4-5-14)17(25)11-23/h3,6,9,12,14H,4-5,7-8,10-11H2,1-2H3,(H,21,22). The third-order valence-corrected chi connectivity index (χ3v) is 4.82. The van der Waals surface area contributed by atoms with Gasteiger partial charge in [-0.25, -0.2) is 8.78 Å². The minimum absolute atomic E-state index is 0.134. The maximum absolute atomic E-state index is 13.9. The molecule has 136 valence electrons. The molecule has 0 bridgehead atoms. The number of hydrogen-bond donors (Lipinski definition) is 1. The number of carbonyl (C=O) groups excluding carboxylic acids is 1. The van der Waals surface area contributed by atoms with E-state index in [1.54, 1.807) is 7.05 Å². The topological polar surface area (TPSA) is 47.9 Å². The second-order valence-electron chi connectivity index (χ2n) is 6.73. The summed E-state index contributed by atoms with van der Waals surface area (Å²) in [4.78, 5) is 20.4. The lowest BCUT2D eigenvalue weighted by Gasteiger charge is -2.36. The van der Waals surface area contributed by atoms with Crippen molar-refractivity contribution < 1.29 is 13.6 Å². The van der Waals surface area contributed by atoms with Crippen molar-refractivity contribution in [3.63, 3.8) is 0 Å². The number of nitrogens with zero attached hydrogens (tertiary/aromatic N) is 3. The Labute approximate surface area is 146 Å².